The number of anilines is 1. The van der Waals surface area contributed by atoms with Crippen LogP contribution in [-0.2, 0) is 14.3 Å². The Bertz CT molecular complexity index is 860. The van der Waals surface area contributed by atoms with Crippen molar-refractivity contribution < 1.29 is 28.6 Å². The molecule has 1 N–H and O–H groups in total. The highest BCUT2D eigenvalue weighted by molar-refractivity contribution is 5.97. The minimum Gasteiger partial charge on any atom is -0.494 e. The van der Waals surface area contributed by atoms with Crippen molar-refractivity contribution in [1.29, 1.82) is 0 Å². The maximum atomic E-state index is 12.1. The molecule has 0 radical (unpaired) electrons. The number of hydrogen-bond acceptors (Lipinski definition) is 6. The average Bonchev–Trinajstić information content (AvgIpc) is 2.73. The standard InChI is InChI=1S/C22H25NO6/c1-4-5-12-28-18-10-8-16(9-11-18)22(26)29-14-20(24)23-19-13-17(21(25)27-3)7-6-15(19)2/h6-11,13H,4-5,12,14H2,1-3H3,(H,23,24). The molecule has 0 aliphatic rings. The lowest BCUT2D eigenvalue weighted by Gasteiger charge is -2.11. The number of methoxy groups -OCH3 is 1. The van der Waals surface area contributed by atoms with Gasteiger partial charge in [0.05, 0.1) is 24.8 Å². The number of benzene rings is 2. The normalized spacial score (nSPS) is 10.2. The van der Waals surface area contributed by atoms with Gasteiger partial charge in [0.25, 0.3) is 5.91 Å². The van der Waals surface area contributed by atoms with Crippen LogP contribution in [0.25, 0.3) is 0 Å². The van der Waals surface area contributed by atoms with Gasteiger partial charge >= 0.3 is 11.9 Å². The summed E-state index contributed by atoms with van der Waals surface area (Å²) >= 11 is 0. The van der Waals surface area contributed by atoms with E-state index in [9.17, 15) is 14.4 Å². The van der Waals surface area contributed by atoms with Gasteiger partial charge in [-0.05, 0) is 55.3 Å². The average molecular weight is 399 g/mol. The van der Waals surface area contributed by atoms with E-state index >= 15 is 0 Å². The summed E-state index contributed by atoms with van der Waals surface area (Å²) in [7, 11) is 1.28. The number of unbranched alkanes of at least 4 members (excludes halogenated alkanes) is 1. The molecule has 0 unspecified atom stereocenters. The molecule has 1 amide bonds. The second-order valence-corrected chi connectivity index (χ2v) is 6.37. The fourth-order valence-electron chi connectivity index (χ4n) is 2.42. The molecular formula is C22H25NO6. The van der Waals surface area contributed by atoms with Crippen LogP contribution in [0.1, 0.15) is 46.0 Å². The summed E-state index contributed by atoms with van der Waals surface area (Å²) in [6, 6.07) is 11.4. The number of carbonyl (C=O) groups excluding carboxylic acids is 3. The number of carbonyl (C=O) groups is 3. The minimum absolute atomic E-state index is 0.312. The zero-order valence-corrected chi connectivity index (χ0v) is 16.8. The maximum Gasteiger partial charge on any atom is 0.338 e. The molecule has 7 nitrogen and oxygen atoms in total. The fraction of sp³-hybridized carbons (Fsp3) is 0.318. The van der Waals surface area contributed by atoms with Gasteiger partial charge in [0.15, 0.2) is 6.61 Å². The Morgan fingerprint density at radius 2 is 1.66 bits per heavy atom. The van der Waals surface area contributed by atoms with Crippen LogP contribution in [0.4, 0.5) is 5.69 Å². The Morgan fingerprint density at radius 1 is 0.966 bits per heavy atom. The second kappa shape index (κ2) is 10.8. The number of hydrogen-bond donors (Lipinski definition) is 1. The summed E-state index contributed by atoms with van der Waals surface area (Å²) in [5, 5.41) is 2.63. The molecule has 2 aromatic carbocycles. The highest BCUT2D eigenvalue weighted by Crippen LogP contribution is 2.18. The van der Waals surface area contributed by atoms with E-state index in [1.807, 2.05) is 0 Å². The summed E-state index contributed by atoms with van der Waals surface area (Å²) < 4.78 is 15.3. The fourth-order valence-corrected chi connectivity index (χ4v) is 2.42. The first kappa shape index (κ1) is 21.9. The molecule has 29 heavy (non-hydrogen) atoms. The predicted molar refractivity (Wildman–Crippen MR) is 108 cm³/mol. The van der Waals surface area contributed by atoms with E-state index in [2.05, 4.69) is 17.0 Å². The molecule has 154 valence electrons. The minimum atomic E-state index is -0.611. The van der Waals surface area contributed by atoms with Gasteiger partial charge in [-0.2, -0.15) is 0 Å². The quantitative estimate of drug-likeness (QED) is 0.510. The van der Waals surface area contributed by atoms with Crippen LogP contribution < -0.4 is 10.1 Å². The van der Waals surface area contributed by atoms with Crippen molar-refractivity contribution in [2.45, 2.75) is 26.7 Å². The Hall–Kier alpha value is -3.35. The predicted octanol–water partition coefficient (Wildman–Crippen LogP) is 3.76. The first-order valence-corrected chi connectivity index (χ1v) is 9.33. The summed E-state index contributed by atoms with van der Waals surface area (Å²) in [4.78, 5) is 35.9. The SMILES string of the molecule is CCCCOc1ccc(C(=O)OCC(=O)Nc2cc(C(=O)OC)ccc2C)cc1. The van der Waals surface area contributed by atoms with Crippen LogP contribution in [0, 0.1) is 6.92 Å². The molecule has 7 heteroatoms. The molecule has 0 spiro atoms. The van der Waals surface area contributed by atoms with Gasteiger partial charge in [-0.25, -0.2) is 9.59 Å². The van der Waals surface area contributed by atoms with E-state index < -0.39 is 24.5 Å². The molecule has 2 aromatic rings. The first-order chi connectivity index (χ1) is 13.9. The van der Waals surface area contributed by atoms with Crippen molar-refractivity contribution >= 4 is 23.5 Å². The summed E-state index contributed by atoms with van der Waals surface area (Å²) in [6.45, 7) is 4.04. The number of nitrogens with one attached hydrogen (secondary N) is 1. The molecule has 0 saturated carbocycles. The second-order valence-electron chi connectivity index (χ2n) is 6.37. The zero-order valence-electron chi connectivity index (χ0n) is 16.8. The third-order valence-electron chi connectivity index (χ3n) is 4.12. The molecule has 0 bridgehead atoms. The number of esters is 2. The monoisotopic (exact) mass is 399 g/mol. The highest BCUT2D eigenvalue weighted by Gasteiger charge is 2.13. The van der Waals surface area contributed by atoms with Gasteiger partial charge in [0.2, 0.25) is 0 Å². The van der Waals surface area contributed by atoms with Crippen LogP contribution in [0.3, 0.4) is 0 Å². The zero-order chi connectivity index (χ0) is 21.2. The Morgan fingerprint density at radius 3 is 2.31 bits per heavy atom. The van der Waals surface area contributed by atoms with Gasteiger partial charge in [-0.1, -0.05) is 19.4 Å². The van der Waals surface area contributed by atoms with Gasteiger partial charge in [0.1, 0.15) is 5.75 Å². The molecular weight excluding hydrogens is 374 g/mol. The Kier molecular flexibility index (Phi) is 8.21. The summed E-state index contributed by atoms with van der Waals surface area (Å²) in [6.07, 6.45) is 2.00. The van der Waals surface area contributed by atoms with Crippen molar-refractivity contribution in [3.05, 3.63) is 59.2 Å². The number of rotatable bonds is 9. The van der Waals surface area contributed by atoms with Crippen LogP contribution in [0.5, 0.6) is 5.75 Å². The topological polar surface area (TPSA) is 90.9 Å². The van der Waals surface area contributed by atoms with Crippen molar-refractivity contribution in [3.63, 3.8) is 0 Å². The third kappa shape index (κ3) is 6.64. The van der Waals surface area contributed by atoms with E-state index in [4.69, 9.17) is 9.47 Å². The molecule has 0 aliphatic carbocycles. The molecule has 0 atom stereocenters. The van der Waals surface area contributed by atoms with Gasteiger partial charge in [-0.15, -0.1) is 0 Å². The largest absolute Gasteiger partial charge is 0.494 e. The van der Waals surface area contributed by atoms with Gasteiger partial charge in [-0.3, -0.25) is 4.79 Å². The van der Waals surface area contributed by atoms with Gasteiger partial charge in [0, 0.05) is 5.69 Å². The lowest BCUT2D eigenvalue weighted by Crippen LogP contribution is -2.21. The number of ether oxygens (including phenoxy) is 3. The Labute approximate surface area is 170 Å². The molecule has 0 saturated heterocycles. The molecule has 0 aliphatic heterocycles. The summed E-state index contributed by atoms with van der Waals surface area (Å²) in [5.74, 6) is -0.953. The van der Waals surface area contributed by atoms with E-state index in [-0.39, 0.29) is 0 Å². The first-order valence-electron chi connectivity index (χ1n) is 9.33. The lowest BCUT2D eigenvalue weighted by molar-refractivity contribution is -0.119. The van der Waals surface area contributed by atoms with Crippen LogP contribution >= 0.6 is 0 Å². The van der Waals surface area contributed by atoms with Crippen molar-refractivity contribution in [3.8, 4) is 5.75 Å². The molecule has 0 fully saturated rings. The third-order valence-corrected chi connectivity index (χ3v) is 4.12. The molecule has 2 rings (SSSR count). The van der Waals surface area contributed by atoms with Crippen molar-refractivity contribution in [2.75, 3.05) is 25.6 Å². The molecule has 0 heterocycles. The van der Waals surface area contributed by atoms with E-state index in [0.717, 1.165) is 18.4 Å². The number of amides is 1. The van der Waals surface area contributed by atoms with Crippen LogP contribution in [0.15, 0.2) is 42.5 Å². The maximum absolute atomic E-state index is 12.1. The molecule has 0 aromatic heterocycles. The highest BCUT2D eigenvalue weighted by atomic mass is 16.5. The summed E-state index contributed by atoms with van der Waals surface area (Å²) in [5.41, 5.74) is 1.84. The van der Waals surface area contributed by atoms with E-state index in [1.54, 1.807) is 43.3 Å². The smallest absolute Gasteiger partial charge is 0.338 e. The van der Waals surface area contributed by atoms with Gasteiger partial charge < -0.3 is 19.5 Å². The van der Waals surface area contributed by atoms with Crippen molar-refractivity contribution in [2.24, 2.45) is 0 Å². The lowest BCUT2D eigenvalue weighted by atomic mass is 10.1. The van der Waals surface area contributed by atoms with Crippen LogP contribution in [0.2, 0.25) is 0 Å². The Balaban J connectivity index is 1.89. The number of aryl methyl sites for hydroxylation is 1. The van der Waals surface area contributed by atoms with Crippen molar-refractivity contribution in [1.82, 2.24) is 0 Å². The van der Waals surface area contributed by atoms with Crippen LogP contribution in [-0.4, -0.2) is 38.2 Å². The van der Waals surface area contributed by atoms with E-state index in [0.29, 0.717) is 29.2 Å². The van der Waals surface area contributed by atoms with E-state index in [1.165, 1.54) is 13.2 Å².